The molecule has 2 amide bonds. The van der Waals surface area contributed by atoms with Crippen LogP contribution in [0.25, 0.3) is 0 Å². The molecule has 4 rings (SSSR count). The summed E-state index contributed by atoms with van der Waals surface area (Å²) in [5.74, 6) is -0.594. The molecule has 7 heteroatoms. The molecule has 0 spiro atoms. The van der Waals surface area contributed by atoms with Gasteiger partial charge in [0, 0.05) is 20.7 Å². The summed E-state index contributed by atoms with van der Waals surface area (Å²) in [5.41, 5.74) is 2.64. The largest absolute Gasteiger partial charge is 0.324 e. The van der Waals surface area contributed by atoms with E-state index in [1.807, 2.05) is 30.3 Å². The summed E-state index contributed by atoms with van der Waals surface area (Å²) >= 11 is 15.9. The molecular weight excluding hydrogens is 475 g/mol. The van der Waals surface area contributed by atoms with E-state index in [2.05, 4.69) is 21.2 Å². The standard InChI is InChI=1S/C22H15BrCl2N2O2/c23-14-7-10-19-17(11-14)21(13-5-8-15(24)9-6-13)27(12-20(28)26-19)22(29)16-3-1-2-4-18(16)25/h1-11,21H,12H2,(H,26,28)/t21-/m0/s1. The third-order valence-electron chi connectivity index (χ3n) is 4.76. The summed E-state index contributed by atoms with van der Waals surface area (Å²) in [6.45, 7) is -0.107. The number of carbonyl (C=O) groups is 2. The van der Waals surface area contributed by atoms with Gasteiger partial charge in [0.05, 0.1) is 16.6 Å². The number of carbonyl (C=O) groups excluding carboxylic acids is 2. The van der Waals surface area contributed by atoms with E-state index in [-0.39, 0.29) is 18.4 Å². The van der Waals surface area contributed by atoms with Crippen LogP contribution in [-0.4, -0.2) is 23.3 Å². The molecule has 146 valence electrons. The summed E-state index contributed by atoms with van der Waals surface area (Å²) in [6.07, 6.45) is 0. The zero-order valence-corrected chi connectivity index (χ0v) is 18.1. The van der Waals surface area contributed by atoms with Crippen LogP contribution < -0.4 is 5.32 Å². The fraction of sp³-hybridized carbons (Fsp3) is 0.0909. The van der Waals surface area contributed by atoms with Crippen LogP contribution in [-0.2, 0) is 4.79 Å². The molecule has 0 saturated heterocycles. The van der Waals surface area contributed by atoms with E-state index in [4.69, 9.17) is 23.2 Å². The molecule has 0 aromatic heterocycles. The third-order valence-corrected chi connectivity index (χ3v) is 5.83. The number of nitrogens with zero attached hydrogens (tertiary/aromatic N) is 1. The number of nitrogens with one attached hydrogen (secondary N) is 1. The molecule has 1 aliphatic heterocycles. The first kappa shape index (κ1) is 20.0. The van der Waals surface area contributed by atoms with Crippen molar-refractivity contribution in [1.29, 1.82) is 0 Å². The van der Waals surface area contributed by atoms with Crippen LogP contribution in [0.15, 0.2) is 71.2 Å². The first-order valence-corrected chi connectivity index (χ1v) is 10.4. The minimum Gasteiger partial charge on any atom is -0.324 e. The van der Waals surface area contributed by atoms with Gasteiger partial charge in [-0.05, 0) is 48.0 Å². The molecule has 3 aromatic carbocycles. The van der Waals surface area contributed by atoms with Crippen molar-refractivity contribution >= 4 is 56.6 Å². The molecule has 0 aliphatic carbocycles. The molecule has 1 N–H and O–H groups in total. The Balaban J connectivity index is 1.91. The number of halogens is 3. The number of anilines is 1. The molecule has 0 saturated carbocycles. The summed E-state index contributed by atoms with van der Waals surface area (Å²) in [5, 5.41) is 3.83. The second-order valence-electron chi connectivity index (χ2n) is 6.65. The van der Waals surface area contributed by atoms with E-state index >= 15 is 0 Å². The SMILES string of the molecule is O=C1CN(C(=O)c2ccccc2Cl)[C@@H](c2ccc(Cl)cc2)c2cc(Br)ccc2N1. The van der Waals surface area contributed by atoms with Crippen molar-refractivity contribution < 1.29 is 9.59 Å². The van der Waals surface area contributed by atoms with Crippen LogP contribution in [0, 0.1) is 0 Å². The lowest BCUT2D eigenvalue weighted by Gasteiger charge is -2.31. The van der Waals surface area contributed by atoms with Crippen LogP contribution in [0.2, 0.25) is 10.0 Å². The molecule has 0 unspecified atom stereocenters. The predicted octanol–water partition coefficient (Wildman–Crippen LogP) is 5.94. The zero-order chi connectivity index (χ0) is 20.5. The molecule has 29 heavy (non-hydrogen) atoms. The van der Waals surface area contributed by atoms with Gasteiger partial charge in [0.1, 0.15) is 6.54 Å². The first-order chi connectivity index (χ1) is 13.9. The Kier molecular flexibility index (Phi) is 5.63. The first-order valence-electron chi connectivity index (χ1n) is 8.84. The van der Waals surface area contributed by atoms with Gasteiger partial charge in [0.15, 0.2) is 0 Å². The van der Waals surface area contributed by atoms with Crippen molar-refractivity contribution in [2.24, 2.45) is 0 Å². The minimum absolute atomic E-state index is 0.107. The van der Waals surface area contributed by atoms with Crippen molar-refractivity contribution in [2.45, 2.75) is 6.04 Å². The Bertz CT molecular complexity index is 1100. The maximum atomic E-state index is 13.5. The molecule has 4 nitrogen and oxygen atoms in total. The van der Waals surface area contributed by atoms with E-state index in [9.17, 15) is 9.59 Å². The monoisotopic (exact) mass is 488 g/mol. The van der Waals surface area contributed by atoms with Gasteiger partial charge in [-0.15, -0.1) is 0 Å². The molecule has 1 aliphatic rings. The lowest BCUT2D eigenvalue weighted by Crippen LogP contribution is -2.39. The fourth-order valence-electron chi connectivity index (χ4n) is 3.46. The molecule has 1 heterocycles. The summed E-state index contributed by atoms with van der Waals surface area (Å²) in [4.78, 5) is 27.6. The number of amides is 2. The number of rotatable bonds is 2. The molecule has 3 aromatic rings. The van der Waals surface area contributed by atoms with Crippen molar-refractivity contribution in [3.05, 3.63) is 97.9 Å². The lowest BCUT2D eigenvalue weighted by molar-refractivity contribution is -0.117. The van der Waals surface area contributed by atoms with E-state index < -0.39 is 6.04 Å². The Morgan fingerprint density at radius 2 is 1.76 bits per heavy atom. The average molecular weight is 490 g/mol. The quantitative estimate of drug-likeness (QED) is 0.484. The highest BCUT2D eigenvalue weighted by Gasteiger charge is 2.34. The van der Waals surface area contributed by atoms with Crippen molar-refractivity contribution in [1.82, 2.24) is 4.90 Å². The highest BCUT2D eigenvalue weighted by Crippen LogP contribution is 2.38. The third kappa shape index (κ3) is 4.04. The normalized spacial score (nSPS) is 16.0. The van der Waals surface area contributed by atoms with Crippen molar-refractivity contribution in [3.8, 4) is 0 Å². The Labute approximate surface area is 186 Å². The maximum Gasteiger partial charge on any atom is 0.256 e. The zero-order valence-electron chi connectivity index (χ0n) is 15.0. The van der Waals surface area contributed by atoms with Gasteiger partial charge in [-0.3, -0.25) is 9.59 Å². The second kappa shape index (κ2) is 8.19. The molecule has 0 radical (unpaired) electrons. The van der Waals surface area contributed by atoms with Gasteiger partial charge in [-0.25, -0.2) is 0 Å². The van der Waals surface area contributed by atoms with Gasteiger partial charge >= 0.3 is 0 Å². The van der Waals surface area contributed by atoms with Crippen LogP contribution in [0.1, 0.15) is 27.5 Å². The van der Waals surface area contributed by atoms with Gasteiger partial charge in [-0.1, -0.05) is 63.4 Å². The van der Waals surface area contributed by atoms with E-state index in [1.165, 1.54) is 4.90 Å². The molecule has 0 bridgehead atoms. The second-order valence-corrected chi connectivity index (χ2v) is 8.41. The number of hydrogen-bond acceptors (Lipinski definition) is 2. The number of fused-ring (bicyclic) bond motifs is 1. The van der Waals surface area contributed by atoms with Gasteiger partial charge in [-0.2, -0.15) is 0 Å². The topological polar surface area (TPSA) is 49.4 Å². The van der Waals surface area contributed by atoms with Crippen LogP contribution >= 0.6 is 39.1 Å². The lowest BCUT2D eigenvalue weighted by atomic mass is 9.95. The van der Waals surface area contributed by atoms with Crippen LogP contribution in [0.4, 0.5) is 5.69 Å². The summed E-state index contributed by atoms with van der Waals surface area (Å²) < 4.78 is 0.844. The Hall–Kier alpha value is -2.34. The molecule has 0 fully saturated rings. The Morgan fingerprint density at radius 3 is 2.48 bits per heavy atom. The highest BCUT2D eigenvalue weighted by atomic mass is 79.9. The fourth-order valence-corrected chi connectivity index (χ4v) is 4.18. The molecular formula is C22H15BrCl2N2O2. The average Bonchev–Trinajstić information content (AvgIpc) is 2.84. The van der Waals surface area contributed by atoms with Gasteiger partial charge < -0.3 is 10.2 Å². The van der Waals surface area contributed by atoms with Gasteiger partial charge in [0.25, 0.3) is 5.91 Å². The number of benzene rings is 3. The Morgan fingerprint density at radius 1 is 1.03 bits per heavy atom. The maximum absolute atomic E-state index is 13.5. The smallest absolute Gasteiger partial charge is 0.256 e. The summed E-state index contributed by atoms with van der Waals surface area (Å²) in [6, 6.07) is 19.2. The summed E-state index contributed by atoms with van der Waals surface area (Å²) in [7, 11) is 0. The van der Waals surface area contributed by atoms with E-state index in [0.29, 0.717) is 21.3 Å². The van der Waals surface area contributed by atoms with E-state index in [0.717, 1.165) is 15.6 Å². The van der Waals surface area contributed by atoms with E-state index in [1.54, 1.807) is 36.4 Å². The number of hydrogen-bond donors (Lipinski definition) is 1. The van der Waals surface area contributed by atoms with Crippen LogP contribution in [0.5, 0.6) is 0 Å². The van der Waals surface area contributed by atoms with Crippen molar-refractivity contribution in [2.75, 3.05) is 11.9 Å². The molecule has 1 atom stereocenters. The van der Waals surface area contributed by atoms with Gasteiger partial charge in [0.2, 0.25) is 5.91 Å². The highest BCUT2D eigenvalue weighted by molar-refractivity contribution is 9.10. The predicted molar refractivity (Wildman–Crippen MR) is 119 cm³/mol. The minimum atomic E-state index is -0.498. The van der Waals surface area contributed by atoms with Crippen molar-refractivity contribution in [3.63, 3.8) is 0 Å². The van der Waals surface area contributed by atoms with Crippen LogP contribution in [0.3, 0.4) is 0 Å².